The zero-order chi connectivity index (χ0) is 25.0. The first-order valence-electron chi connectivity index (χ1n) is 11.0. The molecule has 3 rings (SSSR count). The second-order valence-electron chi connectivity index (χ2n) is 11.2. The predicted molar refractivity (Wildman–Crippen MR) is 127 cm³/mol. The zero-order valence-electron chi connectivity index (χ0n) is 21.2. The van der Waals surface area contributed by atoms with Crippen LogP contribution in [0.25, 0.3) is 11.0 Å². The van der Waals surface area contributed by atoms with Crippen molar-refractivity contribution in [2.45, 2.75) is 91.6 Å². The number of rotatable bonds is 2. The molecule has 1 aliphatic rings. The number of carbonyl (C=O) groups excluding carboxylic acids is 2. The van der Waals surface area contributed by atoms with Crippen LogP contribution in [-0.4, -0.2) is 51.3 Å². The van der Waals surface area contributed by atoms with Gasteiger partial charge in [0, 0.05) is 5.39 Å². The largest absolute Gasteiger partial charge is 0.513 e. The highest BCUT2D eigenvalue weighted by molar-refractivity contribution is 6.62. The van der Waals surface area contributed by atoms with Gasteiger partial charge in [-0.05, 0) is 81.4 Å². The van der Waals surface area contributed by atoms with Crippen molar-refractivity contribution in [3.05, 3.63) is 18.3 Å². The van der Waals surface area contributed by atoms with Gasteiger partial charge in [0.2, 0.25) is 0 Å². The lowest BCUT2D eigenvalue weighted by molar-refractivity contribution is 0.00578. The van der Waals surface area contributed by atoms with Crippen LogP contribution in [-0.2, 0) is 18.8 Å². The van der Waals surface area contributed by atoms with Gasteiger partial charge < -0.3 is 18.8 Å². The van der Waals surface area contributed by atoms with Gasteiger partial charge in [-0.2, -0.15) is 0 Å². The first-order chi connectivity index (χ1) is 14.9. The van der Waals surface area contributed by atoms with Crippen molar-refractivity contribution in [1.29, 1.82) is 0 Å². The fourth-order valence-corrected chi connectivity index (χ4v) is 3.24. The van der Waals surface area contributed by atoms with Gasteiger partial charge in [0.1, 0.15) is 16.8 Å². The monoisotopic (exact) mass is 459 g/mol. The van der Waals surface area contributed by atoms with E-state index in [9.17, 15) is 9.59 Å². The molecule has 0 saturated carbocycles. The number of aromatic nitrogens is 2. The zero-order valence-corrected chi connectivity index (χ0v) is 21.2. The first-order valence-corrected chi connectivity index (χ1v) is 11.0. The number of nitrogens with zero attached hydrogens (tertiary/aromatic N) is 2. The van der Waals surface area contributed by atoms with Crippen LogP contribution in [0.15, 0.2) is 18.3 Å². The third kappa shape index (κ3) is 5.50. The molecule has 1 N–H and O–H groups in total. The second kappa shape index (κ2) is 8.02. The van der Waals surface area contributed by atoms with Crippen molar-refractivity contribution in [3.63, 3.8) is 0 Å². The quantitative estimate of drug-likeness (QED) is 0.662. The minimum atomic E-state index is -0.806. The number of nitrogens with one attached hydrogen (secondary N) is 1. The van der Waals surface area contributed by atoms with Gasteiger partial charge in [0.15, 0.2) is 0 Å². The molecule has 0 aromatic carbocycles. The highest BCUT2D eigenvalue weighted by Crippen LogP contribution is 2.37. The second-order valence-corrected chi connectivity index (χ2v) is 11.2. The van der Waals surface area contributed by atoms with Gasteiger partial charge >= 0.3 is 19.3 Å². The lowest BCUT2D eigenvalue weighted by Crippen LogP contribution is -2.43. The fourth-order valence-electron chi connectivity index (χ4n) is 3.24. The molecule has 0 aliphatic carbocycles. The first kappa shape index (κ1) is 25.0. The molecule has 0 bridgehead atoms. The van der Waals surface area contributed by atoms with Crippen LogP contribution in [0.5, 0.6) is 0 Å². The van der Waals surface area contributed by atoms with E-state index in [1.165, 1.54) is 10.8 Å². The lowest BCUT2D eigenvalue weighted by atomic mass is 9.84. The molecule has 0 unspecified atom stereocenters. The molecule has 2 aromatic rings. The van der Waals surface area contributed by atoms with Crippen LogP contribution in [0.3, 0.4) is 0 Å². The van der Waals surface area contributed by atoms with E-state index in [-0.39, 0.29) is 0 Å². The van der Waals surface area contributed by atoms with E-state index in [1.54, 1.807) is 53.7 Å². The summed E-state index contributed by atoms with van der Waals surface area (Å²) in [4.78, 5) is 29.8. The summed E-state index contributed by atoms with van der Waals surface area (Å²) in [5.74, 6) is 0. The van der Waals surface area contributed by atoms with Crippen LogP contribution in [0.4, 0.5) is 15.3 Å². The molecule has 10 heteroatoms. The highest BCUT2D eigenvalue weighted by Gasteiger charge is 2.53. The Labute approximate surface area is 195 Å². The lowest BCUT2D eigenvalue weighted by Gasteiger charge is -2.32. The number of amides is 1. The smallest absolute Gasteiger partial charge is 0.444 e. The van der Waals surface area contributed by atoms with E-state index in [0.717, 1.165) is 0 Å². The van der Waals surface area contributed by atoms with Crippen LogP contribution in [0, 0.1) is 0 Å². The number of carbonyl (C=O) groups is 2. The average molecular weight is 459 g/mol. The van der Waals surface area contributed by atoms with E-state index in [2.05, 4.69) is 10.3 Å². The average Bonchev–Trinajstić information content (AvgIpc) is 3.05. The van der Waals surface area contributed by atoms with Gasteiger partial charge in [0.05, 0.1) is 28.7 Å². The van der Waals surface area contributed by atoms with Gasteiger partial charge in [-0.25, -0.2) is 19.1 Å². The summed E-state index contributed by atoms with van der Waals surface area (Å²) in [6.07, 6.45) is 0.269. The minimum absolute atomic E-state index is 0.365. The number of pyridine rings is 1. The Morgan fingerprint density at radius 2 is 1.52 bits per heavy atom. The maximum atomic E-state index is 13.2. The van der Waals surface area contributed by atoms with Crippen molar-refractivity contribution >= 4 is 41.6 Å². The molecule has 9 nitrogen and oxygen atoms in total. The maximum absolute atomic E-state index is 13.2. The normalized spacial score (nSPS) is 17.8. The molecule has 33 heavy (non-hydrogen) atoms. The Morgan fingerprint density at radius 1 is 0.970 bits per heavy atom. The molecule has 1 fully saturated rings. The molecule has 0 radical (unpaired) electrons. The Balaban J connectivity index is 2.04. The van der Waals surface area contributed by atoms with Crippen LogP contribution < -0.4 is 10.9 Å². The number of anilines is 1. The number of hydrogen-bond acceptors (Lipinski definition) is 7. The molecule has 1 saturated heterocycles. The molecule has 2 aromatic heterocycles. The Morgan fingerprint density at radius 3 is 2.03 bits per heavy atom. The topological polar surface area (TPSA) is 101 Å². The van der Waals surface area contributed by atoms with Crippen LogP contribution >= 0.6 is 0 Å². The van der Waals surface area contributed by atoms with Crippen molar-refractivity contribution < 1.29 is 28.4 Å². The number of fused-ring (bicyclic) bond motifs is 1. The highest BCUT2D eigenvalue weighted by atomic mass is 16.7. The molecule has 0 atom stereocenters. The third-order valence-electron chi connectivity index (χ3n) is 5.38. The van der Waals surface area contributed by atoms with Crippen molar-refractivity contribution in [3.8, 4) is 0 Å². The molecule has 3 heterocycles. The van der Waals surface area contributed by atoms with Crippen LogP contribution in [0.1, 0.15) is 69.2 Å². The minimum Gasteiger partial charge on any atom is -0.444 e. The number of hydrogen-bond donors (Lipinski definition) is 1. The molecule has 0 spiro atoms. The third-order valence-corrected chi connectivity index (χ3v) is 5.38. The van der Waals surface area contributed by atoms with Crippen molar-refractivity contribution in [2.75, 3.05) is 5.32 Å². The Kier molecular flexibility index (Phi) is 6.09. The van der Waals surface area contributed by atoms with E-state index in [4.69, 9.17) is 18.8 Å². The predicted octanol–water partition coefficient (Wildman–Crippen LogP) is 4.47. The summed E-state index contributed by atoms with van der Waals surface area (Å²) in [6, 6.07) is 3.47. The van der Waals surface area contributed by atoms with Gasteiger partial charge in [-0.1, -0.05) is 0 Å². The Hall–Kier alpha value is -2.59. The standard InChI is InChI=1S/C23H34BN3O6/c1-20(2,3)30-18(28)26-15-11-14-12-16(24-32-22(7,8)23(9,10)33-24)27(17(14)25-13-15)19(29)31-21(4,5)6/h11-13H,1-10H3,(H,26,28). The molecule has 1 amide bonds. The van der Waals surface area contributed by atoms with E-state index in [1.807, 2.05) is 27.7 Å². The van der Waals surface area contributed by atoms with Crippen molar-refractivity contribution in [2.24, 2.45) is 0 Å². The fraction of sp³-hybridized carbons (Fsp3) is 0.609. The van der Waals surface area contributed by atoms with Gasteiger partial charge in [0.25, 0.3) is 0 Å². The van der Waals surface area contributed by atoms with Crippen molar-refractivity contribution in [1.82, 2.24) is 9.55 Å². The molecular weight excluding hydrogens is 425 g/mol. The summed E-state index contributed by atoms with van der Waals surface area (Å²) >= 11 is 0. The molecule has 180 valence electrons. The summed E-state index contributed by atoms with van der Waals surface area (Å²) in [5.41, 5.74) is -1.28. The van der Waals surface area contributed by atoms with E-state index in [0.29, 0.717) is 22.3 Å². The summed E-state index contributed by atoms with van der Waals surface area (Å²) < 4.78 is 24.7. The molecule has 1 aliphatic heterocycles. The Bertz CT molecular complexity index is 1060. The molecular formula is C23H34BN3O6. The SMILES string of the molecule is CC(C)(C)OC(=O)Nc1cnc2c(c1)cc(B1OC(C)(C)C(C)(C)O1)n2C(=O)OC(C)(C)C. The van der Waals surface area contributed by atoms with Gasteiger partial charge in [-0.15, -0.1) is 0 Å². The van der Waals surface area contributed by atoms with E-state index < -0.39 is 41.7 Å². The number of ether oxygens (including phenoxy) is 2. The van der Waals surface area contributed by atoms with Gasteiger partial charge in [-0.3, -0.25) is 5.32 Å². The van der Waals surface area contributed by atoms with E-state index >= 15 is 0 Å². The maximum Gasteiger partial charge on any atom is 0.513 e. The summed E-state index contributed by atoms with van der Waals surface area (Å²) in [5, 5.41) is 3.28. The van der Waals surface area contributed by atoms with Crippen LogP contribution in [0.2, 0.25) is 0 Å². The summed E-state index contributed by atoms with van der Waals surface area (Å²) in [6.45, 7) is 18.5. The summed E-state index contributed by atoms with van der Waals surface area (Å²) in [7, 11) is -0.806.